The smallest absolute Gasteiger partial charge is 0.328 e. The highest BCUT2D eigenvalue weighted by Crippen LogP contribution is 2.27. The van der Waals surface area contributed by atoms with Gasteiger partial charge in [0.1, 0.15) is 0 Å². The minimum Gasteiger partial charge on any atom is -0.478 e. The molecule has 1 aromatic carbocycles. The third kappa shape index (κ3) is 2.80. The number of benzene rings is 1. The first kappa shape index (κ1) is 12.2. The number of aliphatic carboxylic acids is 1. The number of carboxylic acid groups (broad SMARTS) is 1. The molecule has 0 unspecified atom stereocenters. The van der Waals surface area contributed by atoms with Gasteiger partial charge in [0.2, 0.25) is 0 Å². The van der Waals surface area contributed by atoms with Crippen molar-refractivity contribution in [2.45, 2.75) is 6.92 Å². The third-order valence-corrected chi connectivity index (χ3v) is 2.40. The normalized spacial score (nSPS) is 10.6. The molecule has 0 fully saturated rings. The number of carboxylic acids is 1. The van der Waals surface area contributed by atoms with Gasteiger partial charge in [0, 0.05) is 23.8 Å². The average Bonchev–Trinajstić information content (AvgIpc) is 2.19. The molecular weight excluding hydrogens is 234 g/mol. The van der Waals surface area contributed by atoms with E-state index in [1.807, 2.05) is 0 Å². The Labute approximate surface area is 96.1 Å². The summed E-state index contributed by atoms with van der Waals surface area (Å²) >= 11 is 5.89. The van der Waals surface area contributed by atoms with Crippen LogP contribution >= 0.6 is 11.6 Å². The molecule has 0 spiro atoms. The number of nitro groups is 1. The molecule has 5 nitrogen and oxygen atoms in total. The van der Waals surface area contributed by atoms with Gasteiger partial charge in [0.25, 0.3) is 5.69 Å². The predicted octanol–water partition coefficient (Wildman–Crippen LogP) is 2.65. The van der Waals surface area contributed by atoms with Crippen LogP contribution in [-0.2, 0) is 4.79 Å². The van der Waals surface area contributed by atoms with Crippen molar-refractivity contribution in [1.82, 2.24) is 0 Å². The average molecular weight is 242 g/mol. The van der Waals surface area contributed by atoms with Crippen molar-refractivity contribution in [1.29, 1.82) is 0 Å². The van der Waals surface area contributed by atoms with Crippen LogP contribution in [0, 0.1) is 17.0 Å². The molecule has 0 aliphatic carbocycles. The number of nitrogens with zero attached hydrogens (tertiary/aromatic N) is 1. The van der Waals surface area contributed by atoms with Gasteiger partial charge in [0.15, 0.2) is 0 Å². The van der Waals surface area contributed by atoms with Gasteiger partial charge in [-0.3, -0.25) is 10.1 Å². The molecule has 0 radical (unpaired) electrons. The summed E-state index contributed by atoms with van der Waals surface area (Å²) in [6, 6.07) is 2.56. The fraction of sp³-hybridized carbons (Fsp3) is 0.100. The van der Waals surface area contributed by atoms with E-state index in [1.54, 1.807) is 6.92 Å². The summed E-state index contributed by atoms with van der Waals surface area (Å²) in [5.41, 5.74) is 0.726. The van der Waals surface area contributed by atoms with Crippen molar-refractivity contribution in [3.8, 4) is 0 Å². The number of hydrogen-bond donors (Lipinski definition) is 1. The molecule has 0 saturated heterocycles. The molecule has 1 rings (SSSR count). The zero-order chi connectivity index (χ0) is 12.3. The lowest BCUT2D eigenvalue weighted by Gasteiger charge is -2.02. The SMILES string of the molecule is Cc1cc([N+](=O)[O-])cc(/C=C/C(=O)O)c1Cl. The van der Waals surface area contributed by atoms with Crippen LogP contribution in [0.4, 0.5) is 5.69 Å². The maximum Gasteiger partial charge on any atom is 0.328 e. The quantitative estimate of drug-likeness (QED) is 0.501. The van der Waals surface area contributed by atoms with E-state index in [-0.39, 0.29) is 5.69 Å². The van der Waals surface area contributed by atoms with E-state index in [4.69, 9.17) is 16.7 Å². The molecule has 16 heavy (non-hydrogen) atoms. The van der Waals surface area contributed by atoms with Crippen LogP contribution in [0.2, 0.25) is 5.02 Å². The van der Waals surface area contributed by atoms with Gasteiger partial charge >= 0.3 is 5.97 Å². The number of non-ortho nitro benzene ring substituents is 1. The zero-order valence-corrected chi connectivity index (χ0v) is 9.06. The minimum absolute atomic E-state index is 0.119. The Balaban J connectivity index is 3.27. The summed E-state index contributed by atoms with van der Waals surface area (Å²) in [5, 5.41) is 19.3. The number of rotatable bonds is 3. The van der Waals surface area contributed by atoms with E-state index < -0.39 is 10.9 Å². The van der Waals surface area contributed by atoms with Crippen LogP contribution in [0.1, 0.15) is 11.1 Å². The highest BCUT2D eigenvalue weighted by atomic mass is 35.5. The summed E-state index contributed by atoms with van der Waals surface area (Å²) in [7, 11) is 0. The maximum atomic E-state index is 10.6. The van der Waals surface area contributed by atoms with Crippen molar-refractivity contribution in [2.24, 2.45) is 0 Å². The van der Waals surface area contributed by atoms with Gasteiger partial charge in [-0.25, -0.2) is 4.79 Å². The lowest BCUT2D eigenvalue weighted by atomic mass is 10.1. The van der Waals surface area contributed by atoms with E-state index in [2.05, 4.69) is 0 Å². The summed E-state index contributed by atoms with van der Waals surface area (Å²) in [5.74, 6) is -1.14. The highest BCUT2D eigenvalue weighted by molar-refractivity contribution is 6.33. The maximum absolute atomic E-state index is 10.6. The van der Waals surface area contributed by atoms with Crippen molar-refractivity contribution in [3.63, 3.8) is 0 Å². The van der Waals surface area contributed by atoms with E-state index in [1.165, 1.54) is 18.2 Å². The van der Waals surface area contributed by atoms with Crippen molar-refractivity contribution in [2.75, 3.05) is 0 Å². The molecular formula is C10H8ClNO4. The first-order chi connectivity index (χ1) is 7.41. The Morgan fingerprint density at radius 2 is 2.19 bits per heavy atom. The topological polar surface area (TPSA) is 80.4 Å². The van der Waals surface area contributed by atoms with Gasteiger partial charge in [0.05, 0.1) is 9.95 Å². The Kier molecular flexibility index (Phi) is 3.63. The monoisotopic (exact) mass is 241 g/mol. The standard InChI is InChI=1S/C10H8ClNO4/c1-6-4-8(12(15)16)5-7(10(6)11)2-3-9(13)14/h2-5H,1H3,(H,13,14)/b3-2+. The number of carbonyl (C=O) groups is 1. The molecule has 1 aromatic rings. The molecule has 0 bridgehead atoms. The lowest BCUT2D eigenvalue weighted by Crippen LogP contribution is -1.92. The molecule has 0 aliphatic rings. The molecule has 84 valence electrons. The number of halogens is 1. The second kappa shape index (κ2) is 4.76. The number of aryl methyl sites for hydroxylation is 1. The van der Waals surface area contributed by atoms with Crippen molar-refractivity contribution in [3.05, 3.63) is 44.5 Å². The Hall–Kier alpha value is -1.88. The second-order valence-corrected chi connectivity index (χ2v) is 3.47. The fourth-order valence-electron chi connectivity index (χ4n) is 1.16. The van der Waals surface area contributed by atoms with E-state index in [0.717, 1.165) is 6.08 Å². The van der Waals surface area contributed by atoms with Gasteiger partial charge in [-0.2, -0.15) is 0 Å². The van der Waals surface area contributed by atoms with Gasteiger partial charge in [-0.05, 0) is 18.6 Å². The summed E-state index contributed by atoms with van der Waals surface area (Å²) in [6.45, 7) is 1.62. The van der Waals surface area contributed by atoms with E-state index in [9.17, 15) is 14.9 Å². The molecule has 0 atom stereocenters. The fourth-order valence-corrected chi connectivity index (χ4v) is 1.34. The van der Waals surface area contributed by atoms with Crippen molar-refractivity contribution < 1.29 is 14.8 Å². The van der Waals surface area contributed by atoms with Crippen molar-refractivity contribution >= 4 is 29.3 Å². The van der Waals surface area contributed by atoms with Crippen LogP contribution in [-0.4, -0.2) is 16.0 Å². The van der Waals surface area contributed by atoms with E-state index >= 15 is 0 Å². The molecule has 6 heteroatoms. The molecule has 0 aliphatic heterocycles. The molecule has 0 amide bonds. The highest BCUT2D eigenvalue weighted by Gasteiger charge is 2.11. The van der Waals surface area contributed by atoms with Crippen LogP contribution in [0.3, 0.4) is 0 Å². The van der Waals surface area contributed by atoms with Crippen LogP contribution < -0.4 is 0 Å². The number of hydrogen-bond acceptors (Lipinski definition) is 3. The number of nitro benzene ring substituents is 1. The van der Waals surface area contributed by atoms with Crippen LogP contribution in [0.25, 0.3) is 6.08 Å². The Bertz CT molecular complexity index is 482. The van der Waals surface area contributed by atoms with Crippen LogP contribution in [0.5, 0.6) is 0 Å². The lowest BCUT2D eigenvalue weighted by molar-refractivity contribution is -0.384. The first-order valence-electron chi connectivity index (χ1n) is 4.27. The zero-order valence-electron chi connectivity index (χ0n) is 8.31. The summed E-state index contributed by atoms with van der Waals surface area (Å²) < 4.78 is 0. The second-order valence-electron chi connectivity index (χ2n) is 3.09. The van der Waals surface area contributed by atoms with Gasteiger partial charge < -0.3 is 5.11 Å². The molecule has 0 heterocycles. The van der Waals surface area contributed by atoms with Gasteiger partial charge in [-0.1, -0.05) is 11.6 Å². The first-order valence-corrected chi connectivity index (χ1v) is 4.65. The molecule has 0 saturated carbocycles. The minimum atomic E-state index is -1.14. The Morgan fingerprint density at radius 3 is 2.69 bits per heavy atom. The largest absolute Gasteiger partial charge is 0.478 e. The van der Waals surface area contributed by atoms with Gasteiger partial charge in [-0.15, -0.1) is 0 Å². The third-order valence-electron chi connectivity index (χ3n) is 1.88. The van der Waals surface area contributed by atoms with E-state index in [0.29, 0.717) is 16.1 Å². The predicted molar refractivity (Wildman–Crippen MR) is 59.5 cm³/mol. The molecule has 1 N–H and O–H groups in total. The van der Waals surface area contributed by atoms with Crippen LogP contribution in [0.15, 0.2) is 18.2 Å². The summed E-state index contributed by atoms with van der Waals surface area (Å²) in [4.78, 5) is 20.3. The Morgan fingerprint density at radius 1 is 1.56 bits per heavy atom. The molecule has 0 aromatic heterocycles. The summed E-state index contributed by atoms with van der Waals surface area (Å²) in [6.07, 6.45) is 2.11.